The Bertz CT molecular complexity index is 1270. The van der Waals surface area contributed by atoms with Crippen molar-refractivity contribution in [1.82, 2.24) is 9.29 Å². The maximum Gasteiger partial charge on any atom is 0.257 e. The molecule has 1 saturated heterocycles. The van der Waals surface area contributed by atoms with Crippen molar-refractivity contribution in [3.8, 4) is 11.3 Å². The molecule has 2 N–H and O–H groups in total. The molecule has 1 aliphatic rings. The number of sulfonamides is 1. The van der Waals surface area contributed by atoms with Gasteiger partial charge in [0.2, 0.25) is 15.9 Å². The summed E-state index contributed by atoms with van der Waals surface area (Å²) in [5.74, 6) is -0.598. The van der Waals surface area contributed by atoms with Gasteiger partial charge in [-0.15, -0.1) is 11.3 Å². The molecule has 2 aromatic carbocycles. The zero-order chi connectivity index (χ0) is 23.4. The zero-order valence-corrected chi connectivity index (χ0v) is 19.4. The van der Waals surface area contributed by atoms with Crippen LogP contribution in [0.15, 0.2) is 58.8 Å². The predicted octanol–water partition coefficient (Wildman–Crippen LogP) is 3.04. The van der Waals surface area contributed by atoms with Crippen molar-refractivity contribution >= 4 is 44.0 Å². The van der Waals surface area contributed by atoms with Crippen LogP contribution in [0.4, 0.5) is 10.8 Å². The highest BCUT2D eigenvalue weighted by atomic mass is 32.2. The summed E-state index contributed by atoms with van der Waals surface area (Å²) in [6.45, 7) is 2.71. The van der Waals surface area contributed by atoms with Gasteiger partial charge >= 0.3 is 0 Å². The standard InChI is InChI=1S/C22H22N4O5S2/c1-15(27)23-18-7-5-16(6-8-18)20-14-32-22(24-20)25-21(28)17-3-2-4-19(13-17)33(29,30)26-9-11-31-12-10-26/h2-8,13-14H,9-12H2,1H3,(H,23,27)(H,24,25,28). The lowest BCUT2D eigenvalue weighted by Gasteiger charge is -2.26. The van der Waals surface area contributed by atoms with Gasteiger partial charge in [-0.3, -0.25) is 14.9 Å². The van der Waals surface area contributed by atoms with E-state index in [1.807, 2.05) is 17.5 Å². The van der Waals surface area contributed by atoms with Gasteiger partial charge in [0.05, 0.1) is 23.8 Å². The summed E-state index contributed by atoms with van der Waals surface area (Å²) in [5.41, 5.74) is 2.41. The van der Waals surface area contributed by atoms with Crippen LogP contribution in [-0.2, 0) is 19.6 Å². The van der Waals surface area contributed by atoms with E-state index >= 15 is 0 Å². The molecule has 9 nitrogen and oxygen atoms in total. The van der Waals surface area contributed by atoms with Crippen molar-refractivity contribution in [1.29, 1.82) is 0 Å². The third-order valence-corrected chi connectivity index (χ3v) is 7.58. The van der Waals surface area contributed by atoms with Gasteiger partial charge in [0.15, 0.2) is 5.13 Å². The summed E-state index contributed by atoms with van der Waals surface area (Å²) in [4.78, 5) is 28.4. The molecule has 0 unspecified atom stereocenters. The molecule has 1 fully saturated rings. The molecule has 172 valence electrons. The van der Waals surface area contributed by atoms with Crippen molar-refractivity contribution in [3.05, 3.63) is 59.5 Å². The van der Waals surface area contributed by atoms with Crippen LogP contribution in [0.1, 0.15) is 17.3 Å². The van der Waals surface area contributed by atoms with Crippen molar-refractivity contribution < 1.29 is 22.7 Å². The minimum Gasteiger partial charge on any atom is -0.379 e. The Kier molecular flexibility index (Phi) is 6.84. The van der Waals surface area contributed by atoms with Crippen LogP contribution in [0.2, 0.25) is 0 Å². The van der Waals surface area contributed by atoms with Gasteiger partial charge in [-0.05, 0) is 30.3 Å². The van der Waals surface area contributed by atoms with Crippen LogP contribution in [0.5, 0.6) is 0 Å². The van der Waals surface area contributed by atoms with E-state index in [0.717, 1.165) is 5.56 Å². The van der Waals surface area contributed by atoms with E-state index in [2.05, 4.69) is 15.6 Å². The molecular weight excluding hydrogens is 464 g/mol. The number of aromatic nitrogens is 1. The van der Waals surface area contributed by atoms with Crippen molar-refractivity contribution in [2.75, 3.05) is 36.9 Å². The molecule has 0 radical (unpaired) electrons. The number of amides is 2. The quantitative estimate of drug-likeness (QED) is 0.553. The Labute approximate surface area is 195 Å². The summed E-state index contributed by atoms with van der Waals surface area (Å²) in [6, 6.07) is 13.2. The van der Waals surface area contributed by atoms with E-state index in [9.17, 15) is 18.0 Å². The normalized spacial score (nSPS) is 14.6. The van der Waals surface area contributed by atoms with Gasteiger partial charge in [-0.2, -0.15) is 4.31 Å². The molecular formula is C22H22N4O5S2. The second-order valence-corrected chi connectivity index (χ2v) is 10.1. The minimum atomic E-state index is -3.70. The number of benzene rings is 2. The summed E-state index contributed by atoms with van der Waals surface area (Å²) < 4.78 is 32.3. The van der Waals surface area contributed by atoms with Crippen molar-refractivity contribution in [3.63, 3.8) is 0 Å². The first-order valence-corrected chi connectivity index (χ1v) is 12.5. The first kappa shape index (κ1) is 23.1. The molecule has 2 heterocycles. The largest absolute Gasteiger partial charge is 0.379 e. The first-order chi connectivity index (χ1) is 15.8. The fourth-order valence-corrected chi connectivity index (χ4v) is 5.46. The van der Waals surface area contributed by atoms with Crippen LogP contribution in [0, 0.1) is 0 Å². The summed E-state index contributed by atoms with van der Waals surface area (Å²) in [5, 5.41) is 7.63. The number of nitrogens with one attached hydrogen (secondary N) is 2. The molecule has 33 heavy (non-hydrogen) atoms. The summed E-state index contributed by atoms with van der Waals surface area (Å²) in [6.07, 6.45) is 0. The molecule has 4 rings (SSSR count). The number of hydrogen-bond donors (Lipinski definition) is 2. The average Bonchev–Trinajstić information content (AvgIpc) is 3.28. The first-order valence-electron chi connectivity index (χ1n) is 10.2. The van der Waals surface area contributed by atoms with Gasteiger partial charge in [0.25, 0.3) is 5.91 Å². The highest BCUT2D eigenvalue weighted by molar-refractivity contribution is 7.89. The summed E-state index contributed by atoms with van der Waals surface area (Å²) in [7, 11) is -3.70. The third-order valence-electron chi connectivity index (χ3n) is 4.93. The van der Waals surface area contributed by atoms with Crippen LogP contribution in [0.3, 0.4) is 0 Å². The van der Waals surface area contributed by atoms with Gasteiger partial charge in [0.1, 0.15) is 0 Å². The number of carbonyl (C=O) groups is 2. The fraction of sp³-hybridized carbons (Fsp3) is 0.227. The fourth-order valence-electron chi connectivity index (χ4n) is 3.29. The number of morpholine rings is 1. The van der Waals surface area contributed by atoms with Crippen LogP contribution in [-0.4, -0.2) is 55.8 Å². The number of ether oxygens (including phenoxy) is 1. The number of nitrogens with zero attached hydrogens (tertiary/aromatic N) is 2. The molecule has 3 aromatic rings. The lowest BCUT2D eigenvalue weighted by Crippen LogP contribution is -2.40. The van der Waals surface area contributed by atoms with Crippen LogP contribution >= 0.6 is 11.3 Å². The Morgan fingerprint density at radius 2 is 1.79 bits per heavy atom. The molecule has 0 atom stereocenters. The average molecular weight is 487 g/mol. The number of carbonyl (C=O) groups excluding carboxylic acids is 2. The monoisotopic (exact) mass is 486 g/mol. The van der Waals surface area contributed by atoms with Crippen LogP contribution in [0.25, 0.3) is 11.3 Å². The zero-order valence-electron chi connectivity index (χ0n) is 17.8. The van der Waals surface area contributed by atoms with E-state index in [4.69, 9.17) is 4.74 Å². The Hall–Kier alpha value is -3.12. The van der Waals surface area contributed by atoms with E-state index in [-0.39, 0.29) is 29.5 Å². The van der Waals surface area contributed by atoms with E-state index in [1.165, 1.54) is 34.7 Å². The molecule has 1 aliphatic heterocycles. The number of anilines is 2. The highest BCUT2D eigenvalue weighted by Crippen LogP contribution is 2.27. The predicted molar refractivity (Wildman–Crippen MR) is 126 cm³/mol. The molecule has 0 aliphatic carbocycles. The number of hydrogen-bond acceptors (Lipinski definition) is 7. The highest BCUT2D eigenvalue weighted by Gasteiger charge is 2.27. The molecule has 1 aromatic heterocycles. The van der Waals surface area contributed by atoms with Gasteiger partial charge in [-0.1, -0.05) is 18.2 Å². The number of thiazole rings is 1. The van der Waals surface area contributed by atoms with E-state index < -0.39 is 15.9 Å². The molecule has 0 saturated carbocycles. The molecule has 0 bridgehead atoms. The van der Waals surface area contributed by atoms with E-state index in [0.29, 0.717) is 29.7 Å². The lowest BCUT2D eigenvalue weighted by atomic mass is 10.1. The van der Waals surface area contributed by atoms with Gasteiger partial charge < -0.3 is 10.1 Å². The molecule has 2 amide bonds. The maximum atomic E-state index is 12.9. The molecule has 0 spiro atoms. The Morgan fingerprint density at radius 1 is 1.06 bits per heavy atom. The maximum absolute atomic E-state index is 12.9. The minimum absolute atomic E-state index is 0.0659. The topological polar surface area (TPSA) is 118 Å². The third kappa shape index (κ3) is 5.45. The SMILES string of the molecule is CC(=O)Nc1ccc(-c2csc(NC(=O)c3cccc(S(=O)(=O)N4CCOCC4)c3)n2)cc1. The van der Waals surface area contributed by atoms with Crippen molar-refractivity contribution in [2.45, 2.75) is 11.8 Å². The van der Waals surface area contributed by atoms with E-state index in [1.54, 1.807) is 24.3 Å². The van der Waals surface area contributed by atoms with Crippen molar-refractivity contribution in [2.24, 2.45) is 0 Å². The smallest absolute Gasteiger partial charge is 0.257 e. The second-order valence-electron chi connectivity index (χ2n) is 7.29. The lowest BCUT2D eigenvalue weighted by molar-refractivity contribution is -0.114. The second kappa shape index (κ2) is 9.79. The van der Waals surface area contributed by atoms with Gasteiger partial charge in [-0.25, -0.2) is 13.4 Å². The van der Waals surface area contributed by atoms with Crippen LogP contribution < -0.4 is 10.6 Å². The summed E-state index contributed by atoms with van der Waals surface area (Å²) >= 11 is 1.26. The van der Waals surface area contributed by atoms with Gasteiger partial charge in [0, 0.05) is 42.2 Å². The molecule has 11 heteroatoms. The number of rotatable bonds is 6. The Morgan fingerprint density at radius 3 is 2.48 bits per heavy atom. The Balaban J connectivity index is 1.46.